The molecule has 6 rings (SSSR count). The van der Waals surface area contributed by atoms with E-state index in [0.717, 1.165) is 12.1 Å². The van der Waals surface area contributed by atoms with Crippen LogP contribution in [0, 0.1) is 3.57 Å². The highest BCUT2D eigenvalue weighted by Crippen LogP contribution is 2.50. The molecule has 0 amide bonds. The summed E-state index contributed by atoms with van der Waals surface area (Å²) < 4.78 is 61.7. The fraction of sp³-hybridized carbons (Fsp3) is 0.537. The molecule has 0 N–H and O–H groups in total. The number of carbonyl (C=O) groups excluding carboxylic acids is 1. The largest absolute Gasteiger partial charge is 0.514 e. The molecule has 0 radical (unpaired) electrons. The van der Waals surface area contributed by atoms with Crippen LogP contribution in [0.2, 0.25) is 0 Å². The quantitative estimate of drug-likeness (QED) is 0.0595. The van der Waals surface area contributed by atoms with Gasteiger partial charge < -0.3 is 51.6 Å². The normalized spacial score (nSPS) is 18.8. The summed E-state index contributed by atoms with van der Waals surface area (Å²) in [5, 5.41) is 0.902. The third kappa shape index (κ3) is 7.72. The van der Waals surface area contributed by atoms with Gasteiger partial charge in [0.1, 0.15) is 47.2 Å². The summed E-state index contributed by atoms with van der Waals surface area (Å²) >= 11 is 2.08. The minimum atomic E-state index is -0.941. The number of ether oxygens (including phenoxy) is 9. The van der Waals surface area contributed by atoms with Gasteiger partial charge in [-0.1, -0.05) is 13.3 Å². The molecule has 14 nitrogen and oxygen atoms in total. The van der Waals surface area contributed by atoms with Crippen molar-refractivity contribution in [1.82, 2.24) is 4.57 Å². The van der Waals surface area contributed by atoms with E-state index >= 15 is 0 Å². The molecule has 2 aliphatic rings. The Hall–Kier alpha value is -3.90. The minimum Gasteiger partial charge on any atom is -0.496 e. The van der Waals surface area contributed by atoms with Crippen LogP contribution in [0.5, 0.6) is 23.0 Å². The Bertz CT molecular complexity index is 2290. The second-order valence-corrected chi connectivity index (χ2v) is 16.4. The average molecular weight is 892 g/mol. The summed E-state index contributed by atoms with van der Waals surface area (Å²) in [5.74, 6) is 0.535. The highest BCUT2D eigenvalue weighted by molar-refractivity contribution is 14.1. The first-order valence-corrected chi connectivity index (χ1v) is 19.6. The van der Waals surface area contributed by atoms with Crippen molar-refractivity contribution in [2.24, 2.45) is 7.05 Å². The smallest absolute Gasteiger partial charge is 0.496 e. The molecular weight excluding hydrogens is 841 g/mol. The van der Waals surface area contributed by atoms with Crippen molar-refractivity contribution >= 4 is 50.5 Å². The lowest BCUT2D eigenvalue weighted by atomic mass is 9.88. The molecule has 0 bridgehead atoms. The summed E-state index contributed by atoms with van der Waals surface area (Å²) in [6.45, 7) is 10.8. The predicted molar refractivity (Wildman–Crippen MR) is 215 cm³/mol. The monoisotopic (exact) mass is 891 g/mol. The first kappa shape index (κ1) is 41.7. The van der Waals surface area contributed by atoms with Gasteiger partial charge in [-0.3, -0.25) is 9.59 Å². The van der Waals surface area contributed by atoms with Gasteiger partial charge >= 0.3 is 6.16 Å². The summed E-state index contributed by atoms with van der Waals surface area (Å²) in [6.07, 6.45) is -0.275. The number of methoxy groups -OCH3 is 4. The average Bonchev–Trinajstić information content (AvgIpc) is 3.45. The number of benzene rings is 2. The van der Waals surface area contributed by atoms with Crippen molar-refractivity contribution in [2.75, 3.05) is 35.2 Å². The van der Waals surface area contributed by atoms with Crippen molar-refractivity contribution in [3.63, 3.8) is 0 Å². The number of hydrogen-bond acceptors (Lipinski definition) is 13. The summed E-state index contributed by atoms with van der Waals surface area (Å²) in [5.41, 5.74) is 1.13. The Balaban J connectivity index is 1.52. The Morgan fingerprint density at radius 2 is 1.68 bits per heavy atom. The Kier molecular flexibility index (Phi) is 12.0. The van der Waals surface area contributed by atoms with Gasteiger partial charge in [0.2, 0.25) is 5.43 Å². The highest BCUT2D eigenvalue weighted by atomic mass is 127. The number of aromatic nitrogens is 1. The van der Waals surface area contributed by atoms with Gasteiger partial charge in [-0.2, -0.15) is 0 Å². The number of aryl methyl sites for hydroxylation is 2. The summed E-state index contributed by atoms with van der Waals surface area (Å²) in [6, 6.07) is 3.66. The number of pyridine rings is 1. The lowest BCUT2D eigenvalue weighted by molar-refractivity contribution is -0.150. The van der Waals surface area contributed by atoms with Crippen LogP contribution >= 0.6 is 22.6 Å². The zero-order valence-corrected chi connectivity index (χ0v) is 35.9. The van der Waals surface area contributed by atoms with E-state index < -0.39 is 35.9 Å². The Morgan fingerprint density at radius 1 is 0.964 bits per heavy atom. The van der Waals surface area contributed by atoms with Crippen molar-refractivity contribution in [3.8, 4) is 23.0 Å². The first-order valence-electron chi connectivity index (χ1n) is 18.5. The number of rotatable bonds is 12. The lowest BCUT2D eigenvalue weighted by Gasteiger charge is -2.30. The molecule has 1 aliphatic carbocycles. The van der Waals surface area contributed by atoms with E-state index in [4.69, 9.17) is 47.0 Å². The third-order valence-electron chi connectivity index (χ3n) is 9.91. The van der Waals surface area contributed by atoms with Gasteiger partial charge in [0.15, 0.2) is 22.9 Å². The minimum absolute atomic E-state index is 0.0358. The van der Waals surface area contributed by atoms with Gasteiger partial charge in [0, 0.05) is 42.8 Å². The van der Waals surface area contributed by atoms with Crippen LogP contribution in [0.4, 0.5) is 4.79 Å². The van der Waals surface area contributed by atoms with Crippen LogP contribution in [-0.2, 0) is 50.0 Å². The third-order valence-corrected chi connectivity index (χ3v) is 11.1. The molecule has 2 aromatic carbocycles. The van der Waals surface area contributed by atoms with Gasteiger partial charge in [-0.15, -0.1) is 0 Å². The Morgan fingerprint density at radius 3 is 2.30 bits per heavy atom. The first-order chi connectivity index (χ1) is 26.5. The van der Waals surface area contributed by atoms with E-state index in [1.807, 2.05) is 13.0 Å². The molecule has 4 aromatic rings. The van der Waals surface area contributed by atoms with Crippen molar-refractivity contribution in [1.29, 1.82) is 0 Å². The lowest BCUT2D eigenvalue weighted by Crippen LogP contribution is -2.32. The van der Waals surface area contributed by atoms with Gasteiger partial charge in [-0.25, -0.2) is 4.79 Å². The standard InChI is InChI=1S/C41H50INO13/c1-12-13-21-17-23-27(38(45)43(21)7)36(53-39(46)56-40(2,3)4)30(42)22(33(23)50-11)15-14-20-16-24(48-9)28-31(44)29-34(52-37(28)32(20)49-10)25(51-19-47-8)18-26-35(29)55-41(5,6)54-26/h16-17,25-26,35H,12-15,18-19H2,1-11H3/t25-,26-,35-/m1/s1. The maximum Gasteiger partial charge on any atom is 0.514 e. The summed E-state index contributed by atoms with van der Waals surface area (Å²) in [4.78, 5) is 41.7. The van der Waals surface area contributed by atoms with E-state index in [0.29, 0.717) is 68.6 Å². The molecular formula is C41H50INO13. The summed E-state index contributed by atoms with van der Waals surface area (Å²) in [7, 11) is 7.76. The molecule has 0 spiro atoms. The van der Waals surface area contributed by atoms with Gasteiger partial charge in [0.05, 0.1) is 42.0 Å². The molecule has 3 heterocycles. The van der Waals surface area contributed by atoms with Crippen LogP contribution in [0.25, 0.3) is 21.7 Å². The SMILES string of the molecule is CCCc1cc2c(OC)c(CCc3cc(OC)c4c(=O)c5c(oc4c3OC)[C@H](OCOC)C[C@H]3OC(C)(C)O[C@@H]53)c(I)c(OC(=O)OC(C)(C)C)c2c(=O)n1C. The molecule has 15 heteroatoms. The van der Waals surface area contributed by atoms with Crippen LogP contribution in [0.3, 0.4) is 0 Å². The van der Waals surface area contributed by atoms with E-state index in [2.05, 4.69) is 22.6 Å². The van der Waals surface area contributed by atoms with E-state index in [1.165, 1.54) is 21.3 Å². The van der Waals surface area contributed by atoms with Gasteiger partial charge in [-0.05, 0) is 88.6 Å². The fourth-order valence-electron chi connectivity index (χ4n) is 7.65. The zero-order chi connectivity index (χ0) is 40.9. The number of fused-ring (bicyclic) bond motifs is 5. The molecule has 56 heavy (non-hydrogen) atoms. The van der Waals surface area contributed by atoms with Gasteiger partial charge in [0.25, 0.3) is 5.56 Å². The second kappa shape index (κ2) is 16.2. The topological polar surface area (TPSA) is 152 Å². The maximum absolute atomic E-state index is 14.6. The Labute approximate surface area is 338 Å². The molecule has 1 aliphatic heterocycles. The molecule has 1 saturated heterocycles. The molecule has 3 atom stereocenters. The zero-order valence-electron chi connectivity index (χ0n) is 33.8. The number of carbonyl (C=O) groups is 1. The van der Waals surface area contributed by atoms with Crippen LogP contribution < -0.4 is 29.9 Å². The molecule has 0 saturated carbocycles. The predicted octanol–water partition coefficient (Wildman–Crippen LogP) is 7.58. The fourth-order valence-corrected chi connectivity index (χ4v) is 8.55. The van der Waals surface area contributed by atoms with E-state index in [1.54, 1.807) is 59.4 Å². The molecule has 1 fully saturated rings. The number of halogens is 1. The number of hydrogen-bond donors (Lipinski definition) is 0. The number of nitrogens with zero attached hydrogens (tertiary/aromatic N) is 1. The van der Waals surface area contributed by atoms with E-state index in [9.17, 15) is 14.4 Å². The molecule has 2 aromatic heterocycles. The van der Waals surface area contributed by atoms with Crippen molar-refractivity contribution in [2.45, 2.75) is 103 Å². The van der Waals surface area contributed by atoms with Crippen molar-refractivity contribution < 1.29 is 51.8 Å². The van der Waals surface area contributed by atoms with E-state index in [-0.39, 0.29) is 45.6 Å². The molecule has 304 valence electrons. The highest BCUT2D eigenvalue weighted by Gasteiger charge is 2.50. The molecule has 0 unspecified atom stereocenters. The van der Waals surface area contributed by atoms with Crippen molar-refractivity contribution in [3.05, 3.63) is 64.4 Å². The second-order valence-electron chi connectivity index (χ2n) is 15.3. The van der Waals surface area contributed by atoms with Crippen LogP contribution in [-0.4, -0.2) is 63.4 Å². The van der Waals surface area contributed by atoms with Crippen LogP contribution in [0.15, 0.2) is 26.1 Å². The maximum atomic E-state index is 14.6. The van der Waals surface area contributed by atoms with Crippen LogP contribution in [0.1, 0.15) is 94.7 Å².